The Balaban J connectivity index is 2.71. The quantitative estimate of drug-likeness (QED) is 0.872. The standard InChI is InChI=1S/C13H15F3N2/c1-8(2)18-7-9(6-17)11-4-3-10(5-12(11)18)13(14,15)16/h3-5,7-8H,6,17H2,1-2H3. The lowest BCUT2D eigenvalue weighted by atomic mass is 10.1. The van der Waals surface area contributed by atoms with E-state index in [1.165, 1.54) is 12.1 Å². The molecule has 98 valence electrons. The van der Waals surface area contributed by atoms with Gasteiger partial charge in [-0.1, -0.05) is 6.07 Å². The Kier molecular flexibility index (Phi) is 3.11. The van der Waals surface area contributed by atoms with Crippen LogP contribution >= 0.6 is 0 Å². The summed E-state index contributed by atoms with van der Waals surface area (Å²) in [4.78, 5) is 0. The van der Waals surface area contributed by atoms with Gasteiger partial charge in [-0.15, -0.1) is 0 Å². The first-order chi connectivity index (χ1) is 8.34. The molecule has 1 aromatic carbocycles. The summed E-state index contributed by atoms with van der Waals surface area (Å²) in [5, 5.41) is 0.791. The fourth-order valence-corrected chi connectivity index (χ4v) is 2.09. The van der Waals surface area contributed by atoms with Gasteiger partial charge < -0.3 is 10.3 Å². The van der Waals surface area contributed by atoms with Crippen LogP contribution in [0.15, 0.2) is 24.4 Å². The van der Waals surface area contributed by atoms with E-state index in [2.05, 4.69) is 0 Å². The lowest BCUT2D eigenvalue weighted by Crippen LogP contribution is -2.05. The van der Waals surface area contributed by atoms with E-state index in [9.17, 15) is 13.2 Å². The van der Waals surface area contributed by atoms with Crippen molar-refractivity contribution < 1.29 is 13.2 Å². The second kappa shape index (κ2) is 4.31. The van der Waals surface area contributed by atoms with Crippen LogP contribution in [0, 0.1) is 0 Å². The zero-order valence-electron chi connectivity index (χ0n) is 10.3. The van der Waals surface area contributed by atoms with Gasteiger partial charge in [0.2, 0.25) is 0 Å². The first kappa shape index (κ1) is 13.0. The molecule has 0 radical (unpaired) electrons. The number of alkyl halides is 3. The molecule has 0 saturated carbocycles. The zero-order chi connectivity index (χ0) is 13.5. The molecule has 1 heterocycles. The van der Waals surface area contributed by atoms with E-state index in [0.717, 1.165) is 17.0 Å². The highest BCUT2D eigenvalue weighted by atomic mass is 19.4. The number of rotatable bonds is 2. The van der Waals surface area contributed by atoms with E-state index < -0.39 is 11.7 Å². The Hall–Kier alpha value is -1.49. The number of fused-ring (bicyclic) bond motifs is 1. The first-order valence-electron chi connectivity index (χ1n) is 5.75. The molecule has 2 nitrogen and oxygen atoms in total. The second-order valence-corrected chi connectivity index (χ2v) is 4.59. The number of hydrogen-bond acceptors (Lipinski definition) is 1. The second-order valence-electron chi connectivity index (χ2n) is 4.59. The van der Waals surface area contributed by atoms with Crippen LogP contribution in [-0.4, -0.2) is 4.57 Å². The van der Waals surface area contributed by atoms with E-state index in [1.807, 2.05) is 24.6 Å². The van der Waals surface area contributed by atoms with Crippen LogP contribution in [0.5, 0.6) is 0 Å². The van der Waals surface area contributed by atoms with Crippen molar-refractivity contribution in [1.82, 2.24) is 4.57 Å². The van der Waals surface area contributed by atoms with Gasteiger partial charge in [-0.2, -0.15) is 13.2 Å². The molecule has 0 aliphatic carbocycles. The van der Waals surface area contributed by atoms with Gasteiger partial charge in [-0.25, -0.2) is 0 Å². The summed E-state index contributed by atoms with van der Waals surface area (Å²) in [5.74, 6) is 0. The summed E-state index contributed by atoms with van der Waals surface area (Å²) >= 11 is 0. The Bertz CT molecular complexity index is 567. The number of nitrogens with two attached hydrogens (primary N) is 1. The molecule has 0 saturated heterocycles. The molecule has 0 spiro atoms. The number of hydrogen-bond donors (Lipinski definition) is 1. The van der Waals surface area contributed by atoms with E-state index >= 15 is 0 Å². The summed E-state index contributed by atoms with van der Waals surface area (Å²) in [6, 6.07) is 3.89. The molecule has 2 N–H and O–H groups in total. The molecular formula is C13H15F3N2. The normalized spacial score (nSPS) is 12.6. The third kappa shape index (κ3) is 2.10. The lowest BCUT2D eigenvalue weighted by Gasteiger charge is -2.11. The molecule has 0 fully saturated rings. The molecule has 1 aromatic heterocycles. The minimum absolute atomic E-state index is 0.0938. The Morgan fingerprint density at radius 2 is 1.94 bits per heavy atom. The Morgan fingerprint density at radius 3 is 2.44 bits per heavy atom. The zero-order valence-corrected chi connectivity index (χ0v) is 10.3. The number of aromatic nitrogens is 1. The van der Waals surface area contributed by atoms with Gasteiger partial charge in [0.05, 0.1) is 5.56 Å². The van der Waals surface area contributed by atoms with Crippen LogP contribution in [0.25, 0.3) is 10.9 Å². The van der Waals surface area contributed by atoms with Gasteiger partial charge in [-0.05, 0) is 31.5 Å². The predicted octanol–water partition coefficient (Wildman–Crippen LogP) is 3.70. The van der Waals surface area contributed by atoms with Crippen molar-refractivity contribution in [3.8, 4) is 0 Å². The highest BCUT2D eigenvalue weighted by Gasteiger charge is 2.31. The fraction of sp³-hybridized carbons (Fsp3) is 0.385. The molecule has 2 aromatic rings. The summed E-state index contributed by atoms with van der Waals surface area (Å²) in [5.41, 5.74) is 6.44. The van der Waals surface area contributed by atoms with Crippen molar-refractivity contribution in [3.05, 3.63) is 35.5 Å². The van der Waals surface area contributed by atoms with Gasteiger partial charge in [0.15, 0.2) is 0 Å². The highest BCUT2D eigenvalue weighted by Crippen LogP contribution is 2.33. The van der Waals surface area contributed by atoms with Crippen LogP contribution in [0.3, 0.4) is 0 Å². The van der Waals surface area contributed by atoms with Crippen molar-refractivity contribution in [2.24, 2.45) is 5.73 Å². The van der Waals surface area contributed by atoms with Crippen LogP contribution < -0.4 is 5.73 Å². The van der Waals surface area contributed by atoms with Crippen LogP contribution in [-0.2, 0) is 12.7 Å². The third-order valence-corrected chi connectivity index (χ3v) is 3.02. The van der Waals surface area contributed by atoms with Crippen LogP contribution in [0.4, 0.5) is 13.2 Å². The minimum Gasteiger partial charge on any atom is -0.345 e. The predicted molar refractivity (Wildman–Crippen MR) is 65.2 cm³/mol. The number of halogens is 3. The van der Waals surface area contributed by atoms with Crippen LogP contribution in [0.1, 0.15) is 31.0 Å². The van der Waals surface area contributed by atoms with E-state index in [0.29, 0.717) is 12.1 Å². The molecule has 0 aliphatic rings. The average molecular weight is 256 g/mol. The Morgan fingerprint density at radius 1 is 1.28 bits per heavy atom. The maximum atomic E-state index is 12.7. The van der Waals surface area contributed by atoms with E-state index in [4.69, 9.17) is 5.73 Å². The smallest absolute Gasteiger partial charge is 0.345 e. The molecule has 0 unspecified atom stereocenters. The van der Waals surface area contributed by atoms with Crippen molar-refractivity contribution in [3.63, 3.8) is 0 Å². The topological polar surface area (TPSA) is 30.9 Å². The van der Waals surface area contributed by atoms with Crippen LogP contribution in [0.2, 0.25) is 0 Å². The summed E-state index contributed by atoms with van der Waals surface area (Å²) < 4.78 is 39.9. The Labute approximate surface area is 103 Å². The number of benzene rings is 1. The van der Waals surface area contributed by atoms with E-state index in [1.54, 1.807) is 0 Å². The van der Waals surface area contributed by atoms with E-state index in [-0.39, 0.29) is 6.04 Å². The van der Waals surface area contributed by atoms with Crippen molar-refractivity contribution in [2.75, 3.05) is 0 Å². The van der Waals surface area contributed by atoms with Gasteiger partial charge in [-0.3, -0.25) is 0 Å². The molecule has 5 heteroatoms. The maximum absolute atomic E-state index is 12.7. The monoisotopic (exact) mass is 256 g/mol. The minimum atomic E-state index is -4.32. The lowest BCUT2D eigenvalue weighted by molar-refractivity contribution is -0.137. The SMILES string of the molecule is CC(C)n1cc(CN)c2ccc(C(F)(F)F)cc21. The molecule has 2 rings (SSSR count). The van der Waals surface area contributed by atoms with Crippen molar-refractivity contribution in [1.29, 1.82) is 0 Å². The molecule has 0 atom stereocenters. The first-order valence-corrected chi connectivity index (χ1v) is 5.75. The summed E-state index contributed by atoms with van der Waals surface area (Å²) in [6.45, 7) is 4.18. The molecule has 0 amide bonds. The molecule has 0 aliphatic heterocycles. The highest BCUT2D eigenvalue weighted by molar-refractivity contribution is 5.85. The average Bonchev–Trinajstić information content (AvgIpc) is 2.65. The maximum Gasteiger partial charge on any atom is 0.416 e. The summed E-state index contributed by atoms with van der Waals surface area (Å²) in [7, 11) is 0. The molecule has 18 heavy (non-hydrogen) atoms. The fourth-order valence-electron chi connectivity index (χ4n) is 2.09. The van der Waals surface area contributed by atoms with Gasteiger partial charge in [0, 0.05) is 29.7 Å². The van der Waals surface area contributed by atoms with Gasteiger partial charge in [0.1, 0.15) is 0 Å². The number of nitrogens with zero attached hydrogens (tertiary/aromatic N) is 1. The largest absolute Gasteiger partial charge is 0.416 e. The molecule has 0 bridgehead atoms. The van der Waals surface area contributed by atoms with Crippen molar-refractivity contribution in [2.45, 2.75) is 32.6 Å². The van der Waals surface area contributed by atoms with Gasteiger partial charge >= 0.3 is 6.18 Å². The summed E-state index contributed by atoms with van der Waals surface area (Å²) in [6.07, 6.45) is -2.49. The van der Waals surface area contributed by atoms with Gasteiger partial charge in [0.25, 0.3) is 0 Å². The third-order valence-electron chi connectivity index (χ3n) is 3.02. The molecular weight excluding hydrogens is 241 g/mol. The van der Waals surface area contributed by atoms with Crippen molar-refractivity contribution >= 4 is 10.9 Å².